The van der Waals surface area contributed by atoms with Crippen LogP contribution in [0.5, 0.6) is 0 Å². The van der Waals surface area contributed by atoms with Crippen molar-refractivity contribution >= 4 is 39.2 Å². The molecule has 1 N–H and O–H groups in total. The predicted octanol–water partition coefficient (Wildman–Crippen LogP) is 4.50. The van der Waals surface area contributed by atoms with E-state index in [-0.39, 0.29) is 17.2 Å². The summed E-state index contributed by atoms with van der Waals surface area (Å²) >= 11 is 2.98. The largest absolute Gasteiger partial charge is 0.355 e. The zero-order valence-electron chi connectivity index (χ0n) is 17.7. The highest BCUT2D eigenvalue weighted by atomic mass is 32.2. The third-order valence-electron chi connectivity index (χ3n) is 5.35. The molecule has 0 fully saturated rings. The number of carbonyl (C=O) groups is 1. The molecular formula is C23H27N3O2S2. The highest BCUT2D eigenvalue weighted by molar-refractivity contribution is 7.99. The quantitative estimate of drug-likeness (QED) is 0.452. The zero-order valence-corrected chi connectivity index (χ0v) is 19.3. The number of nitrogens with zero attached hydrogens (tertiary/aromatic N) is 2. The number of fused-ring (bicyclic) bond motifs is 3. The van der Waals surface area contributed by atoms with E-state index in [0.717, 1.165) is 40.7 Å². The van der Waals surface area contributed by atoms with Gasteiger partial charge >= 0.3 is 0 Å². The maximum absolute atomic E-state index is 13.7. The Morgan fingerprint density at radius 3 is 2.80 bits per heavy atom. The number of aromatic nitrogens is 2. The van der Waals surface area contributed by atoms with Crippen LogP contribution >= 0.6 is 23.1 Å². The Labute approximate surface area is 184 Å². The summed E-state index contributed by atoms with van der Waals surface area (Å²) in [6.07, 6.45) is 4.27. The summed E-state index contributed by atoms with van der Waals surface area (Å²) in [7, 11) is 0. The van der Waals surface area contributed by atoms with Crippen LogP contribution < -0.4 is 10.9 Å². The van der Waals surface area contributed by atoms with Crippen LogP contribution in [0, 0.1) is 12.8 Å². The number of rotatable bonds is 6. The molecule has 0 radical (unpaired) electrons. The minimum Gasteiger partial charge on any atom is -0.355 e. The number of para-hydroxylation sites is 1. The first-order valence-electron chi connectivity index (χ1n) is 10.5. The van der Waals surface area contributed by atoms with Gasteiger partial charge in [-0.15, -0.1) is 11.3 Å². The molecule has 30 heavy (non-hydrogen) atoms. The zero-order chi connectivity index (χ0) is 21.3. The molecule has 7 heteroatoms. The Bertz CT molecular complexity index is 1150. The van der Waals surface area contributed by atoms with E-state index in [0.29, 0.717) is 17.6 Å². The fourth-order valence-electron chi connectivity index (χ4n) is 3.81. The minimum atomic E-state index is -0.0372. The number of nitrogens with one attached hydrogen (secondary N) is 1. The van der Waals surface area contributed by atoms with Gasteiger partial charge in [-0.3, -0.25) is 14.2 Å². The second-order valence-corrected chi connectivity index (χ2v) is 10.2. The molecule has 0 saturated carbocycles. The molecule has 2 aromatic heterocycles. The van der Waals surface area contributed by atoms with E-state index in [4.69, 9.17) is 4.98 Å². The van der Waals surface area contributed by atoms with Crippen molar-refractivity contribution in [3.05, 3.63) is 50.6 Å². The van der Waals surface area contributed by atoms with Crippen molar-refractivity contribution in [3.8, 4) is 5.69 Å². The normalized spacial score (nSPS) is 13.6. The smallest absolute Gasteiger partial charge is 0.267 e. The molecule has 0 atom stereocenters. The molecule has 1 aliphatic carbocycles. The van der Waals surface area contributed by atoms with Gasteiger partial charge in [-0.25, -0.2) is 4.98 Å². The van der Waals surface area contributed by atoms with Crippen LogP contribution in [-0.2, 0) is 17.6 Å². The third kappa shape index (κ3) is 4.18. The average Bonchev–Trinajstić information content (AvgIpc) is 3.10. The van der Waals surface area contributed by atoms with Gasteiger partial charge in [0.1, 0.15) is 4.83 Å². The standard InChI is InChI=1S/C23H27N3O2S2/c1-14(2)12-24-19(27)13-29-23-25-21-20(16-9-5-7-11-18(16)30-21)22(28)26(23)17-10-6-4-8-15(17)3/h4,6,8,10,14H,5,7,9,11-13H2,1-3H3,(H,24,27). The van der Waals surface area contributed by atoms with Gasteiger partial charge in [0.25, 0.3) is 5.56 Å². The fourth-order valence-corrected chi connectivity index (χ4v) is 5.95. The molecular weight excluding hydrogens is 414 g/mol. The second kappa shape index (κ2) is 8.94. The molecule has 0 bridgehead atoms. The monoisotopic (exact) mass is 441 g/mol. The average molecular weight is 442 g/mol. The lowest BCUT2D eigenvalue weighted by Crippen LogP contribution is -2.29. The lowest BCUT2D eigenvalue weighted by atomic mass is 9.97. The van der Waals surface area contributed by atoms with Gasteiger partial charge in [0.2, 0.25) is 5.91 Å². The summed E-state index contributed by atoms with van der Waals surface area (Å²) in [5.41, 5.74) is 3.01. The van der Waals surface area contributed by atoms with Crippen LogP contribution in [0.15, 0.2) is 34.2 Å². The van der Waals surface area contributed by atoms with E-state index in [2.05, 4.69) is 19.2 Å². The molecule has 2 heterocycles. The van der Waals surface area contributed by atoms with Crippen LogP contribution in [0.3, 0.4) is 0 Å². The Balaban J connectivity index is 1.80. The molecule has 158 valence electrons. The molecule has 0 unspecified atom stereocenters. The van der Waals surface area contributed by atoms with Crippen molar-refractivity contribution in [2.45, 2.75) is 51.6 Å². The highest BCUT2D eigenvalue weighted by Crippen LogP contribution is 2.35. The lowest BCUT2D eigenvalue weighted by Gasteiger charge is -2.15. The first kappa shape index (κ1) is 21.1. The maximum Gasteiger partial charge on any atom is 0.267 e. The van der Waals surface area contributed by atoms with Crippen LogP contribution in [0.25, 0.3) is 15.9 Å². The molecule has 3 aromatic rings. The number of aryl methyl sites for hydroxylation is 3. The minimum absolute atomic E-state index is 0.0150. The topological polar surface area (TPSA) is 64.0 Å². The molecule has 0 saturated heterocycles. The number of thiophene rings is 1. The molecule has 0 aliphatic heterocycles. The Morgan fingerprint density at radius 2 is 2.03 bits per heavy atom. The van der Waals surface area contributed by atoms with E-state index in [1.165, 1.54) is 28.6 Å². The van der Waals surface area contributed by atoms with Crippen LogP contribution in [0.4, 0.5) is 0 Å². The van der Waals surface area contributed by atoms with Crippen molar-refractivity contribution < 1.29 is 4.79 Å². The van der Waals surface area contributed by atoms with Gasteiger partial charge in [0.05, 0.1) is 16.8 Å². The van der Waals surface area contributed by atoms with Crippen molar-refractivity contribution in [1.29, 1.82) is 0 Å². The van der Waals surface area contributed by atoms with E-state index >= 15 is 0 Å². The van der Waals surface area contributed by atoms with Crippen molar-refractivity contribution in [2.75, 3.05) is 12.3 Å². The maximum atomic E-state index is 13.7. The SMILES string of the molecule is Cc1ccccc1-n1c(SCC(=O)NCC(C)C)nc2sc3c(c2c1=O)CCCC3. The Hall–Kier alpha value is -2.12. The second-order valence-electron chi connectivity index (χ2n) is 8.20. The van der Waals surface area contributed by atoms with Crippen LogP contribution in [0.2, 0.25) is 0 Å². The van der Waals surface area contributed by atoms with Gasteiger partial charge in [-0.1, -0.05) is 43.8 Å². The molecule has 1 aliphatic rings. The van der Waals surface area contributed by atoms with Crippen molar-refractivity contribution in [1.82, 2.24) is 14.9 Å². The van der Waals surface area contributed by atoms with Gasteiger partial charge < -0.3 is 5.32 Å². The molecule has 1 amide bonds. The summed E-state index contributed by atoms with van der Waals surface area (Å²) in [5.74, 6) is 0.600. The number of hydrogen-bond acceptors (Lipinski definition) is 5. The van der Waals surface area contributed by atoms with E-state index in [9.17, 15) is 9.59 Å². The number of amides is 1. The van der Waals surface area contributed by atoms with Crippen molar-refractivity contribution in [2.24, 2.45) is 5.92 Å². The van der Waals surface area contributed by atoms with Crippen LogP contribution in [0.1, 0.15) is 42.7 Å². The number of benzene rings is 1. The van der Waals surface area contributed by atoms with E-state index in [1.807, 2.05) is 31.2 Å². The van der Waals surface area contributed by atoms with Gasteiger partial charge in [-0.2, -0.15) is 0 Å². The van der Waals surface area contributed by atoms with Gasteiger partial charge in [0.15, 0.2) is 5.16 Å². The molecule has 5 nitrogen and oxygen atoms in total. The van der Waals surface area contributed by atoms with Crippen molar-refractivity contribution in [3.63, 3.8) is 0 Å². The summed E-state index contributed by atoms with van der Waals surface area (Å²) in [5, 5.41) is 4.30. The fraction of sp³-hybridized carbons (Fsp3) is 0.435. The lowest BCUT2D eigenvalue weighted by molar-refractivity contribution is -0.118. The Kier molecular flexibility index (Phi) is 6.29. The summed E-state index contributed by atoms with van der Waals surface area (Å²) in [6.45, 7) is 6.78. The first-order chi connectivity index (χ1) is 14.5. The number of hydrogen-bond donors (Lipinski definition) is 1. The summed E-state index contributed by atoms with van der Waals surface area (Å²) in [6, 6.07) is 7.85. The van der Waals surface area contributed by atoms with Gasteiger partial charge in [0, 0.05) is 11.4 Å². The number of carbonyl (C=O) groups excluding carboxylic acids is 1. The first-order valence-corrected chi connectivity index (χ1v) is 12.3. The molecule has 1 aromatic carbocycles. The number of thioether (sulfide) groups is 1. The molecule has 4 rings (SSSR count). The predicted molar refractivity (Wildman–Crippen MR) is 125 cm³/mol. The Morgan fingerprint density at radius 1 is 1.27 bits per heavy atom. The van der Waals surface area contributed by atoms with E-state index in [1.54, 1.807) is 15.9 Å². The van der Waals surface area contributed by atoms with Gasteiger partial charge in [-0.05, 0) is 55.7 Å². The van der Waals surface area contributed by atoms with Crippen LogP contribution in [-0.4, -0.2) is 27.8 Å². The highest BCUT2D eigenvalue weighted by Gasteiger charge is 2.23. The molecule has 0 spiro atoms. The summed E-state index contributed by atoms with van der Waals surface area (Å²) < 4.78 is 1.71. The van der Waals surface area contributed by atoms with E-state index < -0.39 is 0 Å². The third-order valence-corrected chi connectivity index (χ3v) is 7.48. The summed E-state index contributed by atoms with van der Waals surface area (Å²) in [4.78, 5) is 33.0.